The second-order valence-corrected chi connectivity index (χ2v) is 13.4. The Labute approximate surface area is 189 Å². The van der Waals surface area contributed by atoms with Crippen LogP contribution in [0, 0.1) is 5.92 Å². The van der Waals surface area contributed by atoms with E-state index in [1.165, 1.54) is 4.31 Å². The molecule has 0 aromatic rings. The van der Waals surface area contributed by atoms with Crippen LogP contribution in [0.25, 0.3) is 0 Å². The maximum atomic E-state index is 13.6. The van der Waals surface area contributed by atoms with E-state index in [2.05, 4.69) is 5.32 Å². The van der Waals surface area contributed by atoms with Gasteiger partial charge in [0.2, 0.25) is 0 Å². The number of nitrogens with two attached hydrogens (primary N) is 1. The number of carboxylic acids is 1. The van der Waals surface area contributed by atoms with E-state index >= 15 is 0 Å². The van der Waals surface area contributed by atoms with Crippen molar-refractivity contribution >= 4 is 33.1 Å². The van der Waals surface area contributed by atoms with Gasteiger partial charge >= 0.3 is 13.1 Å². The van der Waals surface area contributed by atoms with Crippen molar-refractivity contribution in [2.75, 3.05) is 38.5 Å². The lowest BCUT2D eigenvalue weighted by atomic mass is 9.78. The number of sulfone groups is 1. The number of rotatable bonds is 10. The minimum Gasteiger partial charge on any atom is -0.480 e. The van der Waals surface area contributed by atoms with Crippen LogP contribution in [-0.2, 0) is 24.8 Å². The number of carboxylic acid groups (broad SMARTS) is 1. The number of hydrogen-bond acceptors (Lipinski definition) is 9. The highest BCUT2D eigenvalue weighted by Crippen LogP contribution is 2.34. The largest absolute Gasteiger partial charge is 0.480 e. The summed E-state index contributed by atoms with van der Waals surface area (Å²) < 4.78 is 54.5. The molecule has 0 bridgehead atoms. The highest BCUT2D eigenvalue weighted by atomic mass is 32.2. The van der Waals surface area contributed by atoms with E-state index in [9.17, 15) is 26.7 Å². The first-order chi connectivity index (χ1) is 14.9. The standard InChI is InChI=1S/C17H33BN4O8S2/c19-17(16(23)24)12-21(10-13(17)4-3-6-18(25)26)32(29,30)22(14-8-20-9-14)11-15-5-1-2-7-31(15,27)28/h13-15,20,25-26H,1-12,19H2,(H,23,24)/t13-,15?,17-/m0/s1. The maximum absolute atomic E-state index is 13.6. The van der Waals surface area contributed by atoms with Crippen molar-refractivity contribution in [2.24, 2.45) is 11.7 Å². The van der Waals surface area contributed by atoms with Gasteiger partial charge in [-0.2, -0.15) is 17.0 Å². The number of nitrogens with zero attached hydrogens (tertiary/aromatic N) is 2. The van der Waals surface area contributed by atoms with Crippen molar-refractivity contribution in [1.82, 2.24) is 13.9 Å². The van der Waals surface area contributed by atoms with Gasteiger partial charge in [-0.15, -0.1) is 0 Å². The second-order valence-electron chi connectivity index (χ2n) is 9.12. The molecule has 3 saturated heterocycles. The van der Waals surface area contributed by atoms with E-state index in [1.807, 2.05) is 0 Å². The molecule has 0 amide bonds. The van der Waals surface area contributed by atoms with Crippen molar-refractivity contribution in [2.45, 2.75) is 55.3 Å². The Morgan fingerprint density at radius 2 is 1.97 bits per heavy atom. The quantitative estimate of drug-likeness (QED) is 0.201. The van der Waals surface area contributed by atoms with Crippen molar-refractivity contribution in [3.63, 3.8) is 0 Å². The van der Waals surface area contributed by atoms with Gasteiger partial charge in [0, 0.05) is 38.6 Å². The smallest absolute Gasteiger partial charge is 0.451 e. The van der Waals surface area contributed by atoms with Gasteiger partial charge in [-0.1, -0.05) is 12.8 Å². The molecule has 3 atom stereocenters. The summed E-state index contributed by atoms with van der Waals surface area (Å²) in [5.41, 5.74) is 4.33. The molecule has 1 unspecified atom stereocenters. The molecule has 15 heteroatoms. The average Bonchev–Trinajstić information content (AvgIpc) is 3.00. The van der Waals surface area contributed by atoms with E-state index in [0.717, 1.165) is 4.31 Å². The van der Waals surface area contributed by atoms with E-state index in [1.54, 1.807) is 0 Å². The molecule has 0 aliphatic carbocycles. The molecule has 12 nitrogen and oxygen atoms in total. The van der Waals surface area contributed by atoms with Crippen LogP contribution in [0.4, 0.5) is 0 Å². The lowest BCUT2D eigenvalue weighted by molar-refractivity contribution is -0.144. The third kappa shape index (κ3) is 5.30. The highest BCUT2D eigenvalue weighted by molar-refractivity contribution is 7.92. The fourth-order valence-corrected chi connectivity index (χ4v) is 8.58. The molecule has 184 valence electrons. The Morgan fingerprint density at radius 3 is 2.50 bits per heavy atom. The van der Waals surface area contributed by atoms with Crippen molar-refractivity contribution in [1.29, 1.82) is 0 Å². The summed E-state index contributed by atoms with van der Waals surface area (Å²) in [6.07, 6.45) is 2.21. The van der Waals surface area contributed by atoms with Crippen LogP contribution in [0.15, 0.2) is 0 Å². The van der Waals surface area contributed by atoms with Crippen LogP contribution in [0.5, 0.6) is 0 Å². The topological polar surface area (TPSA) is 191 Å². The molecule has 3 fully saturated rings. The van der Waals surface area contributed by atoms with Gasteiger partial charge in [-0.3, -0.25) is 4.79 Å². The average molecular weight is 496 g/mol. The van der Waals surface area contributed by atoms with Gasteiger partial charge in [-0.05, 0) is 25.6 Å². The van der Waals surface area contributed by atoms with Crippen LogP contribution in [0.3, 0.4) is 0 Å². The summed E-state index contributed by atoms with van der Waals surface area (Å²) in [4.78, 5) is 11.9. The summed E-state index contributed by atoms with van der Waals surface area (Å²) in [7, 11) is -9.10. The third-order valence-corrected chi connectivity index (χ3v) is 11.1. The van der Waals surface area contributed by atoms with Crippen LogP contribution in [-0.4, -0.2) is 109 Å². The fourth-order valence-electron chi connectivity index (χ4n) is 4.69. The summed E-state index contributed by atoms with van der Waals surface area (Å²) in [5.74, 6) is -1.99. The van der Waals surface area contributed by atoms with Gasteiger partial charge < -0.3 is 26.2 Å². The Bertz CT molecular complexity index is 898. The van der Waals surface area contributed by atoms with Crippen molar-refractivity contribution < 1.29 is 36.8 Å². The molecule has 0 spiro atoms. The molecule has 0 saturated carbocycles. The zero-order valence-corrected chi connectivity index (χ0v) is 19.6. The summed E-state index contributed by atoms with van der Waals surface area (Å²) in [6.45, 7) is 0.0834. The molecule has 3 aliphatic rings. The summed E-state index contributed by atoms with van der Waals surface area (Å²) in [5, 5.41) is 30.1. The van der Waals surface area contributed by atoms with Gasteiger partial charge in [0.1, 0.15) is 5.54 Å². The molecule has 32 heavy (non-hydrogen) atoms. The van der Waals surface area contributed by atoms with E-state index < -0.39 is 62.4 Å². The molecule has 3 aliphatic heterocycles. The molecule has 3 heterocycles. The summed E-state index contributed by atoms with van der Waals surface area (Å²) >= 11 is 0. The fraction of sp³-hybridized carbons (Fsp3) is 0.941. The van der Waals surface area contributed by atoms with Crippen LogP contribution >= 0.6 is 0 Å². The van der Waals surface area contributed by atoms with Crippen LogP contribution in [0.1, 0.15) is 32.1 Å². The highest BCUT2D eigenvalue weighted by Gasteiger charge is 2.54. The minimum atomic E-state index is -4.17. The first-order valence-electron chi connectivity index (χ1n) is 11.0. The monoisotopic (exact) mass is 496 g/mol. The lowest BCUT2D eigenvalue weighted by Crippen LogP contribution is -2.63. The van der Waals surface area contributed by atoms with E-state index in [0.29, 0.717) is 32.4 Å². The molecule has 3 rings (SSSR count). The van der Waals surface area contributed by atoms with Crippen molar-refractivity contribution in [3.8, 4) is 0 Å². The van der Waals surface area contributed by atoms with Gasteiger partial charge in [0.05, 0.1) is 17.0 Å². The Hall–Kier alpha value is -0.805. The number of hydrogen-bond donors (Lipinski definition) is 5. The van der Waals surface area contributed by atoms with Gasteiger partial charge in [-0.25, -0.2) is 8.42 Å². The molecule has 0 aromatic heterocycles. The number of nitrogens with one attached hydrogen (secondary N) is 1. The normalized spacial score (nSPS) is 31.5. The molecule has 0 aromatic carbocycles. The molecular formula is C17H33BN4O8S2. The van der Waals surface area contributed by atoms with Crippen molar-refractivity contribution in [3.05, 3.63) is 0 Å². The Morgan fingerprint density at radius 1 is 1.28 bits per heavy atom. The SMILES string of the molecule is N[C@@]1(C(=O)O)CN(S(=O)(=O)N(CC2CCCCS2(=O)=O)C2CNC2)C[C@@H]1CCCB(O)O. The Kier molecular flexibility index (Phi) is 7.92. The maximum Gasteiger partial charge on any atom is 0.451 e. The molecule has 6 N–H and O–H groups in total. The zero-order valence-electron chi connectivity index (χ0n) is 18.0. The van der Waals surface area contributed by atoms with Crippen LogP contribution < -0.4 is 11.1 Å². The third-order valence-electron chi connectivity index (χ3n) is 6.89. The first kappa shape index (κ1) is 25.8. The van der Waals surface area contributed by atoms with Gasteiger partial charge in [0.15, 0.2) is 9.84 Å². The number of aliphatic carboxylic acids is 1. The minimum absolute atomic E-state index is 0.0261. The van der Waals surface area contributed by atoms with E-state index in [-0.39, 0.29) is 38.0 Å². The number of carbonyl (C=O) groups is 1. The molecular weight excluding hydrogens is 463 g/mol. The predicted molar refractivity (Wildman–Crippen MR) is 118 cm³/mol. The van der Waals surface area contributed by atoms with Gasteiger partial charge in [0.25, 0.3) is 10.2 Å². The first-order valence-corrected chi connectivity index (χ1v) is 14.1. The predicted octanol–water partition coefficient (Wildman–Crippen LogP) is -2.56. The lowest BCUT2D eigenvalue weighted by Gasteiger charge is -2.41. The summed E-state index contributed by atoms with van der Waals surface area (Å²) in [6, 6.07) is -0.405. The Balaban J connectivity index is 1.82. The molecule has 0 radical (unpaired) electrons. The second kappa shape index (κ2) is 9.82. The zero-order chi connectivity index (χ0) is 23.7. The van der Waals surface area contributed by atoms with E-state index in [4.69, 9.17) is 15.8 Å². The van der Waals surface area contributed by atoms with Crippen LogP contribution in [0.2, 0.25) is 6.32 Å².